The molecule has 3 rings (SSSR count). The van der Waals surface area contributed by atoms with E-state index in [0.29, 0.717) is 0 Å². The molecule has 4 heteroatoms. The van der Waals surface area contributed by atoms with E-state index in [0.717, 1.165) is 57.9 Å². The van der Waals surface area contributed by atoms with Gasteiger partial charge in [0.1, 0.15) is 5.75 Å². The Morgan fingerprint density at radius 2 is 2.18 bits per heavy atom. The molecule has 1 aromatic rings. The predicted octanol–water partition coefficient (Wildman–Crippen LogP) is 1.91. The minimum absolute atomic E-state index is 0.251. The second kappa shape index (κ2) is 7.44. The molecule has 0 saturated carbocycles. The molecule has 4 nitrogen and oxygen atoms in total. The third-order valence-corrected chi connectivity index (χ3v) is 5.01. The van der Waals surface area contributed by atoms with Crippen molar-refractivity contribution in [2.75, 3.05) is 40.0 Å². The molecule has 2 heterocycles. The van der Waals surface area contributed by atoms with Crippen molar-refractivity contribution in [3.05, 3.63) is 29.3 Å². The summed E-state index contributed by atoms with van der Waals surface area (Å²) in [7, 11) is 1.79. The molecule has 2 N–H and O–H groups in total. The molecule has 1 saturated heterocycles. The summed E-state index contributed by atoms with van der Waals surface area (Å²) in [5, 5.41) is 7.29. The van der Waals surface area contributed by atoms with Gasteiger partial charge in [0.25, 0.3) is 0 Å². The molecular formula is C18H28N2O2. The summed E-state index contributed by atoms with van der Waals surface area (Å²) in [5.41, 5.74) is 3.03. The van der Waals surface area contributed by atoms with Crippen molar-refractivity contribution >= 4 is 0 Å². The maximum atomic E-state index is 5.58. The van der Waals surface area contributed by atoms with Gasteiger partial charge in [-0.05, 0) is 62.5 Å². The molecule has 1 fully saturated rings. The summed E-state index contributed by atoms with van der Waals surface area (Å²) in [4.78, 5) is 0. The second-order valence-electron chi connectivity index (χ2n) is 6.49. The van der Waals surface area contributed by atoms with E-state index in [1.807, 2.05) is 0 Å². The van der Waals surface area contributed by atoms with Crippen molar-refractivity contribution in [1.29, 1.82) is 0 Å². The summed E-state index contributed by atoms with van der Waals surface area (Å²) in [6.07, 6.45) is 5.61. The first-order valence-corrected chi connectivity index (χ1v) is 8.51. The number of ether oxygens (including phenoxy) is 2. The van der Waals surface area contributed by atoms with E-state index in [1.54, 1.807) is 7.11 Å². The number of rotatable bonds is 7. The summed E-state index contributed by atoms with van der Waals surface area (Å²) in [6.45, 7) is 4.91. The van der Waals surface area contributed by atoms with Crippen molar-refractivity contribution in [2.24, 2.45) is 0 Å². The number of piperidine rings is 1. The average molecular weight is 304 g/mol. The lowest BCUT2D eigenvalue weighted by molar-refractivity contribution is 0.134. The third-order valence-electron chi connectivity index (χ3n) is 5.01. The zero-order valence-corrected chi connectivity index (χ0v) is 13.6. The van der Waals surface area contributed by atoms with Gasteiger partial charge in [-0.25, -0.2) is 0 Å². The maximum absolute atomic E-state index is 5.58. The Morgan fingerprint density at radius 3 is 3.00 bits per heavy atom. The number of hydrogen-bond donors (Lipinski definition) is 2. The molecule has 1 aromatic carbocycles. The largest absolute Gasteiger partial charge is 0.493 e. The quantitative estimate of drug-likeness (QED) is 0.807. The first-order chi connectivity index (χ1) is 10.8. The molecule has 122 valence electrons. The topological polar surface area (TPSA) is 42.5 Å². The van der Waals surface area contributed by atoms with Gasteiger partial charge in [0.05, 0.1) is 6.61 Å². The van der Waals surface area contributed by atoms with Crippen LogP contribution in [0.3, 0.4) is 0 Å². The van der Waals surface area contributed by atoms with Crippen LogP contribution >= 0.6 is 0 Å². The van der Waals surface area contributed by atoms with Gasteiger partial charge in [-0.15, -0.1) is 0 Å². The van der Waals surface area contributed by atoms with Crippen molar-refractivity contribution in [2.45, 2.75) is 37.6 Å². The van der Waals surface area contributed by atoms with E-state index in [9.17, 15) is 0 Å². The smallest absolute Gasteiger partial charge is 0.122 e. The molecule has 0 radical (unpaired) electrons. The average Bonchev–Trinajstić information content (AvgIpc) is 3.02. The van der Waals surface area contributed by atoms with Crippen LogP contribution in [0.15, 0.2) is 18.2 Å². The zero-order valence-electron chi connectivity index (χ0n) is 13.6. The maximum Gasteiger partial charge on any atom is 0.122 e. The molecule has 0 unspecified atom stereocenters. The fourth-order valence-corrected chi connectivity index (χ4v) is 3.59. The Morgan fingerprint density at radius 1 is 1.32 bits per heavy atom. The molecule has 0 bridgehead atoms. The highest BCUT2D eigenvalue weighted by Crippen LogP contribution is 2.26. The molecule has 0 aromatic heterocycles. The highest BCUT2D eigenvalue weighted by Gasteiger charge is 2.30. The van der Waals surface area contributed by atoms with Gasteiger partial charge >= 0.3 is 0 Å². The molecule has 2 aliphatic rings. The van der Waals surface area contributed by atoms with E-state index in [-0.39, 0.29) is 5.54 Å². The summed E-state index contributed by atoms with van der Waals surface area (Å²) in [5.74, 6) is 1.08. The lowest BCUT2D eigenvalue weighted by atomic mass is 9.85. The van der Waals surface area contributed by atoms with Gasteiger partial charge in [0, 0.05) is 25.7 Å². The van der Waals surface area contributed by atoms with Crippen LogP contribution in [0, 0.1) is 0 Å². The van der Waals surface area contributed by atoms with Crippen LogP contribution in [0.4, 0.5) is 0 Å². The van der Waals surface area contributed by atoms with E-state index < -0.39 is 0 Å². The lowest BCUT2D eigenvalue weighted by Gasteiger charge is -2.39. The summed E-state index contributed by atoms with van der Waals surface area (Å²) >= 11 is 0. The number of benzene rings is 1. The zero-order chi connectivity index (χ0) is 15.3. The van der Waals surface area contributed by atoms with E-state index in [2.05, 4.69) is 28.8 Å². The number of methoxy groups -OCH3 is 1. The Bertz CT molecular complexity index is 484. The van der Waals surface area contributed by atoms with Crippen LogP contribution in [0.5, 0.6) is 5.75 Å². The van der Waals surface area contributed by atoms with E-state index in [1.165, 1.54) is 24.0 Å². The van der Waals surface area contributed by atoms with Gasteiger partial charge in [-0.2, -0.15) is 0 Å². The highest BCUT2D eigenvalue weighted by atomic mass is 16.5. The van der Waals surface area contributed by atoms with Crippen molar-refractivity contribution in [1.82, 2.24) is 10.6 Å². The molecule has 2 aliphatic heterocycles. The highest BCUT2D eigenvalue weighted by molar-refractivity contribution is 5.39. The van der Waals surface area contributed by atoms with Crippen LogP contribution in [0.1, 0.15) is 30.4 Å². The SMILES string of the molecule is COCCC1(NCCc2ccc3c(c2)CCO3)CCNCC1. The molecule has 0 aliphatic carbocycles. The van der Waals surface area contributed by atoms with E-state index in [4.69, 9.17) is 9.47 Å². The lowest BCUT2D eigenvalue weighted by Crippen LogP contribution is -2.53. The Kier molecular flexibility index (Phi) is 5.34. The second-order valence-corrected chi connectivity index (χ2v) is 6.49. The Balaban J connectivity index is 1.53. The van der Waals surface area contributed by atoms with Crippen LogP contribution in [0.25, 0.3) is 0 Å². The molecule has 0 spiro atoms. The van der Waals surface area contributed by atoms with Crippen molar-refractivity contribution < 1.29 is 9.47 Å². The molecule has 0 amide bonds. The van der Waals surface area contributed by atoms with Crippen molar-refractivity contribution in [3.8, 4) is 5.75 Å². The minimum Gasteiger partial charge on any atom is -0.493 e. The molecule has 22 heavy (non-hydrogen) atoms. The standard InChI is InChI=1S/C18H28N2O2/c1-21-13-8-18(6-10-19-11-7-18)20-9-4-15-2-3-17-16(14-15)5-12-22-17/h2-3,14,19-20H,4-13H2,1H3. The van der Waals surface area contributed by atoms with Gasteiger partial charge in [0.2, 0.25) is 0 Å². The number of hydrogen-bond acceptors (Lipinski definition) is 4. The number of fused-ring (bicyclic) bond motifs is 1. The monoisotopic (exact) mass is 304 g/mol. The summed E-state index contributed by atoms with van der Waals surface area (Å²) in [6, 6.07) is 6.65. The van der Waals surface area contributed by atoms with Crippen LogP contribution in [-0.4, -0.2) is 45.5 Å². The van der Waals surface area contributed by atoms with Gasteiger partial charge in [0.15, 0.2) is 0 Å². The first kappa shape index (κ1) is 15.8. The van der Waals surface area contributed by atoms with Gasteiger partial charge in [-0.1, -0.05) is 12.1 Å². The first-order valence-electron chi connectivity index (χ1n) is 8.51. The fraction of sp³-hybridized carbons (Fsp3) is 0.667. The Labute approximate surface area is 133 Å². The van der Waals surface area contributed by atoms with Crippen LogP contribution in [-0.2, 0) is 17.6 Å². The minimum atomic E-state index is 0.251. The van der Waals surface area contributed by atoms with Crippen LogP contribution < -0.4 is 15.4 Å². The third kappa shape index (κ3) is 3.80. The fourth-order valence-electron chi connectivity index (χ4n) is 3.59. The predicted molar refractivity (Wildman–Crippen MR) is 88.7 cm³/mol. The Hall–Kier alpha value is -1.10. The molecular weight excluding hydrogens is 276 g/mol. The van der Waals surface area contributed by atoms with Crippen molar-refractivity contribution in [3.63, 3.8) is 0 Å². The molecule has 0 atom stereocenters. The van der Waals surface area contributed by atoms with Gasteiger partial charge in [-0.3, -0.25) is 0 Å². The summed E-state index contributed by atoms with van der Waals surface area (Å²) < 4.78 is 10.9. The van der Waals surface area contributed by atoms with E-state index >= 15 is 0 Å². The normalized spacial score (nSPS) is 19.7. The number of nitrogens with one attached hydrogen (secondary N) is 2. The van der Waals surface area contributed by atoms with Gasteiger partial charge < -0.3 is 20.1 Å². The van der Waals surface area contributed by atoms with Crippen LogP contribution in [0.2, 0.25) is 0 Å².